The highest BCUT2D eigenvalue weighted by Crippen LogP contribution is 2.60. The summed E-state index contributed by atoms with van der Waals surface area (Å²) < 4.78 is 0. The maximum Gasteiger partial charge on any atom is 0.0651 e. The average Bonchev–Trinajstić information content (AvgIpc) is 2.38. The molecule has 4 fully saturated rings. The van der Waals surface area contributed by atoms with Gasteiger partial charge in [0.05, 0.1) is 11.4 Å². The normalized spacial score (nSPS) is 39.7. The van der Waals surface area contributed by atoms with Crippen LogP contribution in [0.3, 0.4) is 0 Å². The summed E-state index contributed by atoms with van der Waals surface area (Å²) in [5.74, 6) is 2.89. The van der Waals surface area contributed by atoms with Gasteiger partial charge < -0.3 is 5.73 Å². The summed E-state index contributed by atoms with van der Waals surface area (Å²) in [6.45, 7) is 0.666. The Balaban J connectivity index is 1.69. The van der Waals surface area contributed by atoms with Gasteiger partial charge in [0.2, 0.25) is 0 Å². The minimum absolute atomic E-state index is 0.367. The summed E-state index contributed by atoms with van der Waals surface area (Å²) >= 11 is 0. The van der Waals surface area contributed by atoms with E-state index in [1.807, 2.05) is 12.4 Å². The summed E-state index contributed by atoms with van der Waals surface area (Å²) in [4.78, 5) is 9.35. The summed E-state index contributed by atoms with van der Waals surface area (Å²) in [6.07, 6.45) is 13.3. The van der Waals surface area contributed by atoms with Crippen molar-refractivity contribution in [2.75, 3.05) is 6.54 Å². The van der Waals surface area contributed by atoms with Crippen LogP contribution in [0, 0.1) is 17.8 Å². The Morgan fingerprint density at radius 1 is 1.05 bits per heavy atom. The van der Waals surface area contributed by atoms with Crippen LogP contribution >= 0.6 is 0 Å². The van der Waals surface area contributed by atoms with Gasteiger partial charge in [-0.2, -0.15) is 0 Å². The third-order valence-corrected chi connectivity index (χ3v) is 5.67. The fourth-order valence-corrected chi connectivity index (χ4v) is 5.35. The zero-order valence-corrected chi connectivity index (χ0v) is 11.5. The molecule has 0 amide bonds. The number of nitrogens with two attached hydrogens (primary N) is 1. The molecular formula is C16H23N3. The average molecular weight is 257 g/mol. The van der Waals surface area contributed by atoms with Crippen molar-refractivity contribution in [1.82, 2.24) is 9.97 Å². The molecule has 5 rings (SSSR count). The molecular weight excluding hydrogens is 234 g/mol. The molecule has 4 saturated carbocycles. The Morgan fingerprint density at radius 3 is 2.26 bits per heavy atom. The van der Waals surface area contributed by atoms with E-state index < -0.39 is 0 Å². The van der Waals surface area contributed by atoms with E-state index >= 15 is 0 Å². The van der Waals surface area contributed by atoms with Crippen molar-refractivity contribution < 1.29 is 0 Å². The molecule has 1 aromatic rings. The second kappa shape index (κ2) is 4.27. The van der Waals surface area contributed by atoms with Gasteiger partial charge in [0.25, 0.3) is 0 Å². The molecule has 2 N–H and O–H groups in total. The predicted molar refractivity (Wildman–Crippen MR) is 74.6 cm³/mol. The summed E-state index contributed by atoms with van der Waals surface area (Å²) in [6, 6.07) is 0. The van der Waals surface area contributed by atoms with Gasteiger partial charge in [0.15, 0.2) is 0 Å². The van der Waals surface area contributed by atoms with Gasteiger partial charge in [0, 0.05) is 24.2 Å². The zero-order chi connectivity index (χ0) is 12.9. The largest absolute Gasteiger partial charge is 0.330 e. The van der Waals surface area contributed by atoms with E-state index in [0.717, 1.165) is 29.9 Å². The van der Waals surface area contributed by atoms with Crippen LogP contribution in [-0.2, 0) is 11.8 Å². The lowest BCUT2D eigenvalue weighted by Gasteiger charge is -2.56. The van der Waals surface area contributed by atoms with E-state index in [-0.39, 0.29) is 0 Å². The number of hydrogen-bond acceptors (Lipinski definition) is 3. The highest BCUT2D eigenvalue weighted by atomic mass is 14.8. The molecule has 0 aliphatic heterocycles. The van der Waals surface area contributed by atoms with Crippen molar-refractivity contribution in [2.45, 2.75) is 50.4 Å². The quantitative estimate of drug-likeness (QED) is 0.905. The van der Waals surface area contributed by atoms with Crippen LogP contribution in [0.4, 0.5) is 0 Å². The number of nitrogens with zero attached hydrogens (tertiary/aromatic N) is 2. The van der Waals surface area contributed by atoms with Crippen molar-refractivity contribution in [3.63, 3.8) is 0 Å². The molecule has 0 spiro atoms. The first-order valence-electron chi connectivity index (χ1n) is 7.79. The standard InChI is InChI=1S/C16H23N3/c17-2-1-14-9-18-10-15(19-14)16-6-11-3-12(7-16)5-13(4-11)8-16/h9-13H,1-8,17H2. The molecule has 0 unspecified atom stereocenters. The molecule has 0 atom stereocenters. The Kier molecular flexibility index (Phi) is 2.66. The third kappa shape index (κ3) is 1.90. The van der Waals surface area contributed by atoms with Gasteiger partial charge >= 0.3 is 0 Å². The van der Waals surface area contributed by atoms with Crippen LogP contribution in [-0.4, -0.2) is 16.5 Å². The molecule has 3 nitrogen and oxygen atoms in total. The van der Waals surface area contributed by atoms with E-state index in [0.29, 0.717) is 12.0 Å². The van der Waals surface area contributed by atoms with Crippen molar-refractivity contribution >= 4 is 0 Å². The Hall–Kier alpha value is -0.960. The third-order valence-electron chi connectivity index (χ3n) is 5.67. The molecule has 1 aromatic heterocycles. The van der Waals surface area contributed by atoms with Gasteiger partial charge in [-0.1, -0.05) is 0 Å². The minimum Gasteiger partial charge on any atom is -0.330 e. The zero-order valence-electron chi connectivity index (χ0n) is 11.5. The Labute approximate surface area is 115 Å². The van der Waals surface area contributed by atoms with E-state index in [2.05, 4.69) is 4.98 Å². The van der Waals surface area contributed by atoms with Gasteiger partial charge in [-0.25, -0.2) is 0 Å². The first-order chi connectivity index (χ1) is 9.27. The molecule has 4 bridgehead atoms. The molecule has 4 aliphatic carbocycles. The van der Waals surface area contributed by atoms with E-state index in [1.165, 1.54) is 44.2 Å². The van der Waals surface area contributed by atoms with Crippen molar-refractivity contribution in [3.05, 3.63) is 23.8 Å². The van der Waals surface area contributed by atoms with Crippen LogP contribution < -0.4 is 5.73 Å². The summed E-state index contributed by atoms with van der Waals surface area (Å²) in [5, 5.41) is 0. The van der Waals surface area contributed by atoms with Crippen molar-refractivity contribution in [1.29, 1.82) is 0 Å². The second-order valence-electron chi connectivity index (χ2n) is 7.13. The molecule has 3 heteroatoms. The molecule has 1 heterocycles. The van der Waals surface area contributed by atoms with Crippen LogP contribution in [0.5, 0.6) is 0 Å². The molecule has 4 aliphatic rings. The van der Waals surface area contributed by atoms with Crippen LogP contribution in [0.1, 0.15) is 49.9 Å². The van der Waals surface area contributed by atoms with Crippen molar-refractivity contribution in [2.24, 2.45) is 23.5 Å². The smallest absolute Gasteiger partial charge is 0.0651 e. The maximum atomic E-state index is 5.65. The van der Waals surface area contributed by atoms with Crippen molar-refractivity contribution in [3.8, 4) is 0 Å². The van der Waals surface area contributed by atoms with E-state index in [9.17, 15) is 0 Å². The summed E-state index contributed by atoms with van der Waals surface area (Å²) in [5.41, 5.74) is 8.37. The van der Waals surface area contributed by atoms with Crippen LogP contribution in [0.25, 0.3) is 0 Å². The molecule has 102 valence electrons. The van der Waals surface area contributed by atoms with E-state index in [4.69, 9.17) is 10.7 Å². The fraction of sp³-hybridized carbons (Fsp3) is 0.750. The van der Waals surface area contributed by atoms with Crippen LogP contribution in [0.15, 0.2) is 12.4 Å². The van der Waals surface area contributed by atoms with Gasteiger partial charge in [-0.15, -0.1) is 0 Å². The fourth-order valence-electron chi connectivity index (χ4n) is 5.35. The number of hydrogen-bond donors (Lipinski definition) is 1. The molecule has 19 heavy (non-hydrogen) atoms. The Morgan fingerprint density at radius 2 is 1.68 bits per heavy atom. The maximum absolute atomic E-state index is 5.65. The highest BCUT2D eigenvalue weighted by molar-refractivity contribution is 5.22. The highest BCUT2D eigenvalue weighted by Gasteiger charge is 2.52. The monoisotopic (exact) mass is 257 g/mol. The minimum atomic E-state index is 0.367. The molecule has 0 saturated heterocycles. The molecule has 0 radical (unpaired) electrons. The van der Waals surface area contributed by atoms with Gasteiger partial charge in [-0.3, -0.25) is 9.97 Å². The number of aromatic nitrogens is 2. The first kappa shape index (κ1) is 11.8. The lowest BCUT2D eigenvalue weighted by Crippen LogP contribution is -2.49. The second-order valence-corrected chi connectivity index (χ2v) is 7.13. The van der Waals surface area contributed by atoms with Crippen LogP contribution in [0.2, 0.25) is 0 Å². The van der Waals surface area contributed by atoms with E-state index in [1.54, 1.807) is 0 Å². The Bertz CT molecular complexity index is 447. The predicted octanol–water partition coefficient (Wildman–Crippen LogP) is 2.45. The SMILES string of the molecule is NCCc1cncc(C23CC4CC(CC(C4)C2)C3)n1. The van der Waals surface area contributed by atoms with Gasteiger partial charge in [0.1, 0.15) is 0 Å². The summed E-state index contributed by atoms with van der Waals surface area (Å²) in [7, 11) is 0. The lowest BCUT2D eigenvalue weighted by atomic mass is 9.49. The molecule has 0 aromatic carbocycles. The topological polar surface area (TPSA) is 51.8 Å². The first-order valence-corrected chi connectivity index (χ1v) is 7.79. The lowest BCUT2D eigenvalue weighted by molar-refractivity contribution is -0.00745. The number of rotatable bonds is 3. The van der Waals surface area contributed by atoms with Gasteiger partial charge in [-0.05, 0) is 62.8 Å².